The molecule has 0 rings (SSSR count). The number of hydrogen-bond donors (Lipinski definition) is 0. The van der Waals surface area contributed by atoms with Gasteiger partial charge in [-0.05, 0) is 19.8 Å². The predicted molar refractivity (Wildman–Crippen MR) is 73.1 cm³/mol. The predicted octanol–water partition coefficient (Wildman–Crippen LogP) is 5.45. The molecule has 0 aliphatic heterocycles. The van der Waals surface area contributed by atoms with Crippen molar-refractivity contribution in [2.24, 2.45) is 0 Å². The Morgan fingerprint density at radius 2 is 1.73 bits per heavy atom. The summed E-state index contributed by atoms with van der Waals surface area (Å²) >= 11 is 0. The van der Waals surface area contributed by atoms with Crippen LogP contribution in [0.1, 0.15) is 46.5 Å². The standard InChI is InChI=1S/C8H14.C7H12/c1-3-5-7-8-6-4-2;1-3-5-7-6-4-2/h3,5,7H,1,4,6,8H2,2H3;3,5-7H,4H2,1-2H3. The van der Waals surface area contributed by atoms with Gasteiger partial charge in [0.25, 0.3) is 0 Å². The summed E-state index contributed by atoms with van der Waals surface area (Å²) in [5, 5.41) is 0. The quantitative estimate of drug-likeness (QED) is 0.400. The van der Waals surface area contributed by atoms with Crippen molar-refractivity contribution in [1.82, 2.24) is 0 Å². The van der Waals surface area contributed by atoms with Crippen LogP contribution in [-0.2, 0) is 0 Å². The van der Waals surface area contributed by atoms with E-state index in [0.29, 0.717) is 0 Å². The zero-order valence-corrected chi connectivity index (χ0v) is 10.6. The first-order chi connectivity index (χ1) is 7.33. The molecule has 0 spiro atoms. The van der Waals surface area contributed by atoms with Crippen LogP contribution < -0.4 is 0 Å². The molecular formula is C15H26. The van der Waals surface area contributed by atoms with Crippen LogP contribution >= 0.6 is 0 Å². The maximum atomic E-state index is 3.57. The van der Waals surface area contributed by atoms with Crippen LogP contribution in [0.25, 0.3) is 0 Å². The van der Waals surface area contributed by atoms with Crippen LogP contribution in [-0.4, -0.2) is 0 Å². The highest BCUT2D eigenvalue weighted by Crippen LogP contribution is 1.93. The van der Waals surface area contributed by atoms with Crippen molar-refractivity contribution in [3.05, 3.63) is 49.1 Å². The average molecular weight is 206 g/mol. The second-order valence-corrected chi connectivity index (χ2v) is 3.17. The molecule has 0 aromatic carbocycles. The highest BCUT2D eigenvalue weighted by Gasteiger charge is 1.73. The fourth-order valence-electron chi connectivity index (χ4n) is 0.840. The van der Waals surface area contributed by atoms with E-state index in [1.54, 1.807) is 0 Å². The lowest BCUT2D eigenvalue weighted by atomic mass is 10.2. The highest BCUT2D eigenvalue weighted by atomic mass is 13.8. The van der Waals surface area contributed by atoms with Gasteiger partial charge in [-0.3, -0.25) is 0 Å². The fraction of sp³-hybridized carbons (Fsp3) is 0.467. The second kappa shape index (κ2) is 18.7. The lowest BCUT2D eigenvalue weighted by molar-refractivity contribution is 0.815. The van der Waals surface area contributed by atoms with Crippen molar-refractivity contribution in [3.8, 4) is 0 Å². The molecule has 0 amide bonds. The van der Waals surface area contributed by atoms with Crippen molar-refractivity contribution in [3.63, 3.8) is 0 Å². The number of hydrogen-bond acceptors (Lipinski definition) is 0. The van der Waals surface area contributed by atoms with Gasteiger partial charge in [0.1, 0.15) is 0 Å². The molecule has 0 N–H and O–H groups in total. The van der Waals surface area contributed by atoms with Gasteiger partial charge in [-0.2, -0.15) is 0 Å². The number of allylic oxidation sites excluding steroid dienone is 7. The summed E-state index contributed by atoms with van der Waals surface area (Å²) in [6, 6.07) is 0. The summed E-state index contributed by atoms with van der Waals surface area (Å²) in [5.41, 5.74) is 0. The molecule has 86 valence electrons. The van der Waals surface area contributed by atoms with E-state index in [9.17, 15) is 0 Å². The normalized spacial score (nSPS) is 10.9. The Bertz CT molecular complexity index is 182. The molecule has 0 aliphatic carbocycles. The van der Waals surface area contributed by atoms with E-state index in [2.05, 4.69) is 38.7 Å². The van der Waals surface area contributed by atoms with Crippen LogP contribution in [0.3, 0.4) is 0 Å². The zero-order valence-electron chi connectivity index (χ0n) is 10.6. The minimum absolute atomic E-state index is 1.13. The van der Waals surface area contributed by atoms with E-state index in [4.69, 9.17) is 0 Å². The topological polar surface area (TPSA) is 0 Å². The molecular weight excluding hydrogens is 180 g/mol. The molecule has 0 aromatic rings. The first kappa shape index (κ1) is 16.4. The first-order valence-electron chi connectivity index (χ1n) is 5.88. The van der Waals surface area contributed by atoms with Crippen molar-refractivity contribution < 1.29 is 0 Å². The van der Waals surface area contributed by atoms with Crippen molar-refractivity contribution in [2.45, 2.75) is 46.5 Å². The fourth-order valence-corrected chi connectivity index (χ4v) is 0.840. The lowest BCUT2D eigenvalue weighted by Gasteiger charge is -1.84. The average Bonchev–Trinajstić information content (AvgIpc) is 2.26. The maximum Gasteiger partial charge on any atom is -0.0348 e. The first-order valence-corrected chi connectivity index (χ1v) is 5.88. The van der Waals surface area contributed by atoms with Gasteiger partial charge in [0.15, 0.2) is 0 Å². The zero-order chi connectivity index (χ0) is 11.8. The van der Waals surface area contributed by atoms with Gasteiger partial charge in [-0.1, -0.05) is 75.8 Å². The molecule has 0 bridgehead atoms. The van der Waals surface area contributed by atoms with Gasteiger partial charge in [-0.25, -0.2) is 0 Å². The molecule has 0 nitrogen and oxygen atoms in total. The molecule has 0 saturated carbocycles. The maximum absolute atomic E-state index is 3.57. The molecule has 0 aromatic heterocycles. The van der Waals surface area contributed by atoms with Crippen LogP contribution in [0.2, 0.25) is 0 Å². The van der Waals surface area contributed by atoms with E-state index in [0.717, 1.165) is 6.42 Å². The smallest absolute Gasteiger partial charge is 0.0348 e. The van der Waals surface area contributed by atoms with E-state index >= 15 is 0 Å². The summed E-state index contributed by atoms with van der Waals surface area (Å²) in [6.07, 6.45) is 19.1. The third-order valence-electron chi connectivity index (χ3n) is 1.67. The van der Waals surface area contributed by atoms with Gasteiger partial charge in [0.2, 0.25) is 0 Å². The SMILES string of the molecule is C=CC=CCCCC.CC=CC=CCC. The molecule has 0 heterocycles. The summed E-state index contributed by atoms with van der Waals surface area (Å²) in [4.78, 5) is 0. The van der Waals surface area contributed by atoms with Gasteiger partial charge in [-0.15, -0.1) is 0 Å². The molecule has 0 heteroatoms. The molecule has 15 heavy (non-hydrogen) atoms. The Balaban J connectivity index is 0. The molecule has 0 saturated heterocycles. The minimum atomic E-state index is 1.13. The molecule has 0 atom stereocenters. The third-order valence-corrected chi connectivity index (χ3v) is 1.67. The van der Waals surface area contributed by atoms with E-state index in [1.165, 1.54) is 19.3 Å². The second-order valence-electron chi connectivity index (χ2n) is 3.17. The summed E-state index contributed by atoms with van der Waals surface area (Å²) < 4.78 is 0. The monoisotopic (exact) mass is 206 g/mol. The molecule has 0 aliphatic rings. The van der Waals surface area contributed by atoms with Gasteiger partial charge >= 0.3 is 0 Å². The van der Waals surface area contributed by atoms with Gasteiger partial charge in [0, 0.05) is 0 Å². The van der Waals surface area contributed by atoms with Crippen molar-refractivity contribution in [1.29, 1.82) is 0 Å². The van der Waals surface area contributed by atoms with Gasteiger partial charge in [0.05, 0.1) is 0 Å². The summed E-state index contributed by atoms with van der Waals surface area (Å²) in [6.45, 7) is 9.91. The van der Waals surface area contributed by atoms with Crippen LogP contribution in [0.15, 0.2) is 49.1 Å². The van der Waals surface area contributed by atoms with Gasteiger partial charge < -0.3 is 0 Å². The molecule has 0 radical (unpaired) electrons. The summed E-state index contributed by atoms with van der Waals surface area (Å²) in [5.74, 6) is 0. The van der Waals surface area contributed by atoms with E-state index in [-0.39, 0.29) is 0 Å². The molecule has 0 fully saturated rings. The number of unbranched alkanes of at least 4 members (excludes halogenated alkanes) is 2. The van der Waals surface area contributed by atoms with Crippen LogP contribution in [0.4, 0.5) is 0 Å². The largest absolute Gasteiger partial charge is 0.0991 e. The van der Waals surface area contributed by atoms with E-state index in [1.807, 2.05) is 31.2 Å². The number of rotatable bonds is 6. The molecule has 0 unspecified atom stereocenters. The third kappa shape index (κ3) is 24.6. The van der Waals surface area contributed by atoms with Crippen molar-refractivity contribution >= 4 is 0 Å². The highest BCUT2D eigenvalue weighted by molar-refractivity contribution is 5.00. The Kier molecular flexibility index (Phi) is 20.4. The Morgan fingerprint density at radius 1 is 1.00 bits per heavy atom. The van der Waals surface area contributed by atoms with Crippen LogP contribution in [0, 0.1) is 0 Å². The van der Waals surface area contributed by atoms with Crippen LogP contribution in [0.5, 0.6) is 0 Å². The summed E-state index contributed by atoms with van der Waals surface area (Å²) in [7, 11) is 0. The Morgan fingerprint density at radius 3 is 2.20 bits per heavy atom. The Labute approximate surface area is 96.1 Å². The lowest BCUT2D eigenvalue weighted by Crippen LogP contribution is -1.64. The van der Waals surface area contributed by atoms with Crippen molar-refractivity contribution in [2.75, 3.05) is 0 Å². The minimum Gasteiger partial charge on any atom is -0.0991 e. The van der Waals surface area contributed by atoms with E-state index < -0.39 is 0 Å². The Hall–Kier alpha value is -1.04.